The standard InChI is InChI=1S/C38H50N6O7/c1-38(2,3)51-37(50)44-29(21-25-13-7-4-8-14-25)32(45)24-41-31(23-27-17-11-6-12-18-27)36(49)42-28(19-20-33(39)46)35(48)43-30(34(40)47)22-26-15-9-5-10-16-26/h4-18,28-32,41,45H,19-24H2,1-3H3,(H2,39,46)(H2,40,47)(H,42,49)(H,43,48)(H,44,50)/t28-,29-,30-,31-,32+/m0/s1. The summed E-state index contributed by atoms with van der Waals surface area (Å²) in [5, 5.41) is 22.6. The van der Waals surface area contributed by atoms with Gasteiger partial charge in [0.1, 0.15) is 17.7 Å². The first-order chi connectivity index (χ1) is 24.2. The molecule has 0 unspecified atom stereocenters. The van der Waals surface area contributed by atoms with Crippen molar-refractivity contribution in [2.24, 2.45) is 11.5 Å². The smallest absolute Gasteiger partial charge is 0.407 e. The van der Waals surface area contributed by atoms with Gasteiger partial charge in [-0.15, -0.1) is 0 Å². The lowest BCUT2D eigenvalue weighted by atomic mass is 10.00. The number of alkyl carbamates (subject to hydrolysis) is 1. The number of aliphatic hydroxyl groups is 1. The molecule has 9 N–H and O–H groups in total. The fourth-order valence-electron chi connectivity index (χ4n) is 5.30. The second-order valence-electron chi connectivity index (χ2n) is 13.4. The number of aliphatic hydroxyl groups excluding tert-OH is 1. The van der Waals surface area contributed by atoms with Gasteiger partial charge in [-0.2, -0.15) is 0 Å². The maximum atomic E-state index is 13.9. The molecule has 0 bridgehead atoms. The third-order valence-corrected chi connectivity index (χ3v) is 7.89. The summed E-state index contributed by atoms with van der Waals surface area (Å²) in [7, 11) is 0. The summed E-state index contributed by atoms with van der Waals surface area (Å²) in [5.74, 6) is -2.77. The Hall–Kier alpha value is -5.27. The summed E-state index contributed by atoms with van der Waals surface area (Å²) >= 11 is 0. The molecule has 13 nitrogen and oxygen atoms in total. The Morgan fingerprint density at radius 2 is 1.12 bits per heavy atom. The molecule has 5 atom stereocenters. The summed E-state index contributed by atoms with van der Waals surface area (Å²) in [5.41, 5.74) is 12.6. The number of carbonyl (C=O) groups excluding carboxylic acids is 5. The van der Waals surface area contributed by atoms with E-state index in [4.69, 9.17) is 16.2 Å². The van der Waals surface area contributed by atoms with Gasteiger partial charge in [0.25, 0.3) is 0 Å². The van der Waals surface area contributed by atoms with Crippen LogP contribution in [0.15, 0.2) is 91.0 Å². The molecule has 0 radical (unpaired) electrons. The van der Waals surface area contributed by atoms with Crippen LogP contribution in [0, 0.1) is 0 Å². The van der Waals surface area contributed by atoms with E-state index in [1.807, 2.05) is 66.7 Å². The number of hydrogen-bond donors (Lipinski definition) is 7. The maximum absolute atomic E-state index is 13.9. The molecule has 13 heteroatoms. The van der Waals surface area contributed by atoms with Gasteiger partial charge in [-0.1, -0.05) is 91.0 Å². The molecule has 3 aromatic carbocycles. The van der Waals surface area contributed by atoms with E-state index in [1.54, 1.807) is 45.0 Å². The summed E-state index contributed by atoms with van der Waals surface area (Å²) < 4.78 is 5.43. The summed E-state index contributed by atoms with van der Waals surface area (Å²) in [6, 6.07) is 23.3. The number of primary amides is 2. The number of benzene rings is 3. The molecule has 0 aliphatic heterocycles. The highest BCUT2D eigenvalue weighted by molar-refractivity contribution is 5.93. The van der Waals surface area contributed by atoms with Crippen molar-refractivity contribution < 1.29 is 33.8 Å². The van der Waals surface area contributed by atoms with Crippen molar-refractivity contribution in [2.75, 3.05) is 6.54 Å². The molecule has 51 heavy (non-hydrogen) atoms. The summed E-state index contributed by atoms with van der Waals surface area (Å²) in [6.45, 7) is 5.07. The Morgan fingerprint density at radius 1 is 0.667 bits per heavy atom. The van der Waals surface area contributed by atoms with Gasteiger partial charge < -0.3 is 42.6 Å². The number of amides is 5. The SMILES string of the molecule is CC(C)(C)OC(=O)N[C@@H](Cc1ccccc1)[C@H](O)CN[C@@H](Cc1ccccc1)C(=O)N[C@@H](CCC(N)=O)C(=O)N[C@@H](Cc1ccccc1)C(N)=O. The molecule has 0 aliphatic carbocycles. The second kappa shape index (κ2) is 19.8. The predicted octanol–water partition coefficient (Wildman–Crippen LogP) is 1.65. The molecular formula is C38H50N6O7. The number of nitrogens with two attached hydrogens (primary N) is 2. The number of hydrogen-bond acceptors (Lipinski definition) is 8. The predicted molar refractivity (Wildman–Crippen MR) is 193 cm³/mol. The van der Waals surface area contributed by atoms with Crippen molar-refractivity contribution in [3.63, 3.8) is 0 Å². The minimum atomic E-state index is -1.24. The molecule has 3 aromatic rings. The molecule has 3 rings (SSSR count). The Balaban J connectivity index is 1.80. The van der Waals surface area contributed by atoms with Crippen molar-refractivity contribution in [1.82, 2.24) is 21.3 Å². The van der Waals surface area contributed by atoms with Crippen LogP contribution in [0.4, 0.5) is 4.79 Å². The van der Waals surface area contributed by atoms with Gasteiger partial charge in [0.2, 0.25) is 23.6 Å². The molecule has 0 spiro atoms. The molecular weight excluding hydrogens is 652 g/mol. The lowest BCUT2D eigenvalue weighted by molar-refractivity contribution is -0.132. The fourth-order valence-corrected chi connectivity index (χ4v) is 5.30. The van der Waals surface area contributed by atoms with E-state index in [0.717, 1.165) is 16.7 Å². The summed E-state index contributed by atoms with van der Waals surface area (Å²) in [4.78, 5) is 64.1. The van der Waals surface area contributed by atoms with E-state index in [0.29, 0.717) is 0 Å². The number of rotatable bonds is 19. The van der Waals surface area contributed by atoms with Crippen LogP contribution in [0.3, 0.4) is 0 Å². The highest BCUT2D eigenvalue weighted by Gasteiger charge is 2.31. The van der Waals surface area contributed by atoms with Crippen molar-refractivity contribution in [3.05, 3.63) is 108 Å². The Bertz CT molecular complexity index is 1570. The molecule has 0 fully saturated rings. The number of ether oxygens (including phenoxy) is 1. The lowest BCUT2D eigenvalue weighted by Crippen LogP contribution is -2.58. The molecule has 0 saturated heterocycles. The van der Waals surface area contributed by atoms with Crippen LogP contribution in [-0.4, -0.2) is 77.2 Å². The molecule has 0 saturated carbocycles. The van der Waals surface area contributed by atoms with E-state index in [1.165, 1.54) is 0 Å². The van der Waals surface area contributed by atoms with Crippen molar-refractivity contribution >= 4 is 29.7 Å². The molecule has 5 amide bonds. The van der Waals surface area contributed by atoms with Crippen molar-refractivity contribution in [3.8, 4) is 0 Å². The van der Waals surface area contributed by atoms with Crippen LogP contribution in [0.2, 0.25) is 0 Å². The second-order valence-corrected chi connectivity index (χ2v) is 13.4. The third-order valence-electron chi connectivity index (χ3n) is 7.89. The summed E-state index contributed by atoms with van der Waals surface area (Å²) in [6.07, 6.45) is -1.66. The lowest BCUT2D eigenvalue weighted by Gasteiger charge is -2.29. The van der Waals surface area contributed by atoms with Crippen LogP contribution in [0.1, 0.15) is 50.3 Å². The molecule has 274 valence electrons. The largest absolute Gasteiger partial charge is 0.444 e. The van der Waals surface area contributed by atoms with E-state index in [2.05, 4.69) is 21.3 Å². The first-order valence-electron chi connectivity index (χ1n) is 16.9. The van der Waals surface area contributed by atoms with Crippen LogP contribution < -0.4 is 32.7 Å². The minimum absolute atomic E-state index is 0.121. The van der Waals surface area contributed by atoms with Gasteiger partial charge in [-0.05, 0) is 56.7 Å². The maximum Gasteiger partial charge on any atom is 0.407 e. The minimum Gasteiger partial charge on any atom is -0.444 e. The fraction of sp³-hybridized carbons (Fsp3) is 0.395. The van der Waals surface area contributed by atoms with Gasteiger partial charge in [0, 0.05) is 19.4 Å². The van der Waals surface area contributed by atoms with Gasteiger partial charge in [0.05, 0.1) is 18.2 Å². The van der Waals surface area contributed by atoms with Crippen molar-refractivity contribution in [2.45, 2.75) is 88.7 Å². The average Bonchev–Trinajstić information content (AvgIpc) is 3.08. The monoisotopic (exact) mass is 702 g/mol. The first kappa shape index (κ1) is 40.2. The van der Waals surface area contributed by atoms with E-state index in [-0.39, 0.29) is 38.6 Å². The Morgan fingerprint density at radius 3 is 1.59 bits per heavy atom. The van der Waals surface area contributed by atoms with Crippen LogP contribution >= 0.6 is 0 Å². The normalized spacial score (nSPS) is 14.2. The Labute approximate surface area is 298 Å². The van der Waals surface area contributed by atoms with E-state index in [9.17, 15) is 29.1 Å². The first-order valence-corrected chi connectivity index (χ1v) is 16.9. The highest BCUT2D eigenvalue weighted by Crippen LogP contribution is 2.12. The van der Waals surface area contributed by atoms with Gasteiger partial charge in [-0.3, -0.25) is 19.2 Å². The van der Waals surface area contributed by atoms with E-state index >= 15 is 0 Å². The van der Waals surface area contributed by atoms with Gasteiger partial charge >= 0.3 is 6.09 Å². The molecule has 0 heterocycles. The zero-order valence-electron chi connectivity index (χ0n) is 29.3. The van der Waals surface area contributed by atoms with Crippen LogP contribution in [0.25, 0.3) is 0 Å². The molecule has 0 aliphatic rings. The Kier molecular flexibility index (Phi) is 15.6. The van der Waals surface area contributed by atoms with Crippen molar-refractivity contribution in [1.29, 1.82) is 0 Å². The van der Waals surface area contributed by atoms with Crippen LogP contribution in [0.5, 0.6) is 0 Å². The quantitative estimate of drug-likeness (QED) is 0.0973. The molecule has 0 aromatic heterocycles. The number of nitrogens with one attached hydrogen (secondary N) is 4. The zero-order chi connectivity index (χ0) is 37.4. The highest BCUT2D eigenvalue weighted by atomic mass is 16.6. The topological polar surface area (TPSA) is 215 Å². The number of carbonyl (C=O) groups is 5. The van der Waals surface area contributed by atoms with Crippen LogP contribution in [-0.2, 0) is 43.2 Å². The average molecular weight is 703 g/mol. The zero-order valence-corrected chi connectivity index (χ0v) is 29.3. The van der Waals surface area contributed by atoms with E-state index < -0.39 is 65.6 Å². The van der Waals surface area contributed by atoms with Gasteiger partial charge in [-0.25, -0.2) is 4.79 Å². The van der Waals surface area contributed by atoms with Gasteiger partial charge in [0.15, 0.2) is 0 Å². The third kappa shape index (κ3) is 15.0.